The maximum atomic E-state index is 12.1. The molecule has 0 unspecified atom stereocenters. The summed E-state index contributed by atoms with van der Waals surface area (Å²) in [6, 6.07) is 0.143. The Morgan fingerprint density at radius 2 is 2.12 bits per heavy atom. The van der Waals surface area contributed by atoms with E-state index in [4.69, 9.17) is 9.84 Å². The Morgan fingerprint density at radius 3 is 2.71 bits per heavy atom. The van der Waals surface area contributed by atoms with Gasteiger partial charge in [-0.25, -0.2) is 17.9 Å². The van der Waals surface area contributed by atoms with Crippen LogP contribution in [0.5, 0.6) is 0 Å². The van der Waals surface area contributed by atoms with Gasteiger partial charge in [0.05, 0.1) is 6.61 Å². The van der Waals surface area contributed by atoms with Crippen LogP contribution in [0, 0.1) is 0 Å². The van der Waals surface area contributed by atoms with Crippen molar-refractivity contribution in [2.45, 2.75) is 37.1 Å². The number of carbonyl (C=O) groups excluding carboxylic acids is 1. The molecule has 24 heavy (non-hydrogen) atoms. The van der Waals surface area contributed by atoms with Gasteiger partial charge in [0.1, 0.15) is 16.6 Å². The molecule has 0 saturated heterocycles. The van der Waals surface area contributed by atoms with Crippen LogP contribution in [0.2, 0.25) is 0 Å². The van der Waals surface area contributed by atoms with Crippen molar-refractivity contribution in [3.8, 4) is 0 Å². The van der Waals surface area contributed by atoms with Crippen molar-refractivity contribution in [3.05, 3.63) is 18.0 Å². The van der Waals surface area contributed by atoms with Crippen LogP contribution in [0.3, 0.4) is 0 Å². The molecule has 0 saturated carbocycles. The van der Waals surface area contributed by atoms with Gasteiger partial charge >= 0.3 is 5.97 Å². The number of carboxylic acids is 1. The molecule has 1 amide bonds. The molecule has 1 heterocycles. The first-order valence-electron chi connectivity index (χ1n) is 7.52. The molecule has 9 nitrogen and oxygen atoms in total. The van der Waals surface area contributed by atoms with Crippen LogP contribution >= 0.6 is 0 Å². The molecule has 4 N–H and O–H groups in total. The minimum atomic E-state index is -3.76. The number of unbranched alkanes of at least 4 members (excludes halogenated alkanes) is 1. The topological polar surface area (TPSA) is 138 Å². The second-order valence-electron chi connectivity index (χ2n) is 5.15. The number of methoxy groups -OCH3 is 1. The first-order chi connectivity index (χ1) is 11.3. The summed E-state index contributed by atoms with van der Waals surface area (Å²) < 4.78 is 31.1. The third kappa shape index (κ3) is 5.95. The SMILES string of the molecule is CCCC[C@H](NC(=O)c1cc(S(=O)(=O)NCCOC)c[nH]1)C(=O)O. The van der Waals surface area contributed by atoms with Crippen molar-refractivity contribution in [2.75, 3.05) is 20.3 Å². The highest BCUT2D eigenvalue weighted by Crippen LogP contribution is 2.11. The number of hydrogen-bond acceptors (Lipinski definition) is 5. The predicted molar refractivity (Wildman–Crippen MR) is 86.3 cm³/mol. The van der Waals surface area contributed by atoms with E-state index in [0.717, 1.165) is 12.5 Å². The Labute approximate surface area is 140 Å². The molecular formula is C14H23N3O6S. The number of H-pyrrole nitrogens is 1. The number of carbonyl (C=O) groups is 2. The van der Waals surface area contributed by atoms with Crippen LogP contribution in [0.15, 0.2) is 17.2 Å². The average molecular weight is 361 g/mol. The number of hydrogen-bond donors (Lipinski definition) is 4. The van der Waals surface area contributed by atoms with Crippen molar-refractivity contribution in [3.63, 3.8) is 0 Å². The highest BCUT2D eigenvalue weighted by Gasteiger charge is 2.22. The summed E-state index contributed by atoms with van der Waals surface area (Å²) in [6.45, 7) is 2.23. The minimum Gasteiger partial charge on any atom is -0.480 e. The highest BCUT2D eigenvalue weighted by molar-refractivity contribution is 7.89. The van der Waals surface area contributed by atoms with E-state index in [1.165, 1.54) is 13.3 Å². The van der Waals surface area contributed by atoms with Crippen molar-refractivity contribution in [1.29, 1.82) is 0 Å². The summed E-state index contributed by atoms with van der Waals surface area (Å²) in [4.78, 5) is 25.7. The number of aliphatic carboxylic acids is 1. The van der Waals surface area contributed by atoms with Gasteiger partial charge < -0.3 is 20.1 Å². The van der Waals surface area contributed by atoms with E-state index >= 15 is 0 Å². The molecule has 0 aromatic carbocycles. The van der Waals surface area contributed by atoms with E-state index < -0.39 is 27.9 Å². The fourth-order valence-corrected chi connectivity index (χ4v) is 2.93. The molecule has 0 bridgehead atoms. The normalized spacial score (nSPS) is 12.8. The van der Waals surface area contributed by atoms with Crippen molar-refractivity contribution in [1.82, 2.24) is 15.0 Å². The highest BCUT2D eigenvalue weighted by atomic mass is 32.2. The van der Waals surface area contributed by atoms with Crippen molar-refractivity contribution < 1.29 is 27.9 Å². The van der Waals surface area contributed by atoms with Gasteiger partial charge in [-0.1, -0.05) is 19.8 Å². The Bertz CT molecular complexity index is 655. The fraction of sp³-hybridized carbons (Fsp3) is 0.571. The molecule has 10 heteroatoms. The first-order valence-corrected chi connectivity index (χ1v) is 9.00. The molecular weight excluding hydrogens is 338 g/mol. The number of nitrogens with one attached hydrogen (secondary N) is 3. The zero-order chi connectivity index (χ0) is 18.2. The van der Waals surface area contributed by atoms with Crippen LogP contribution in [0.1, 0.15) is 36.7 Å². The van der Waals surface area contributed by atoms with Crippen molar-refractivity contribution >= 4 is 21.9 Å². The molecule has 1 aromatic heterocycles. The molecule has 1 atom stereocenters. The number of sulfonamides is 1. The molecule has 1 aromatic rings. The van der Waals surface area contributed by atoms with Gasteiger partial charge in [0.2, 0.25) is 10.0 Å². The number of carboxylic acid groups (broad SMARTS) is 1. The third-order valence-corrected chi connectivity index (χ3v) is 4.70. The van der Waals surface area contributed by atoms with Gasteiger partial charge in [0, 0.05) is 19.9 Å². The molecule has 0 spiro atoms. The molecule has 0 radical (unpaired) electrons. The number of amides is 1. The lowest BCUT2D eigenvalue weighted by Crippen LogP contribution is -2.40. The summed E-state index contributed by atoms with van der Waals surface area (Å²) >= 11 is 0. The van der Waals surface area contributed by atoms with Gasteiger partial charge in [-0.3, -0.25) is 4.79 Å². The summed E-state index contributed by atoms with van der Waals surface area (Å²) in [6.07, 6.45) is 2.94. The standard InChI is InChI=1S/C14H23N3O6S/c1-3-4-5-11(14(19)20)17-13(18)12-8-10(9-15-12)24(21,22)16-6-7-23-2/h8-9,11,15-16H,3-7H2,1-2H3,(H,17,18)(H,19,20)/t11-/m0/s1. The smallest absolute Gasteiger partial charge is 0.326 e. The van der Waals surface area contributed by atoms with E-state index in [1.54, 1.807) is 0 Å². The monoisotopic (exact) mass is 361 g/mol. The Kier molecular flexibility index (Phi) is 7.89. The Balaban J connectivity index is 2.76. The van der Waals surface area contributed by atoms with Crippen LogP contribution in [0.4, 0.5) is 0 Å². The Hall–Kier alpha value is -1.91. The number of ether oxygens (including phenoxy) is 1. The van der Waals surface area contributed by atoms with Crippen LogP contribution in [-0.4, -0.2) is 56.7 Å². The molecule has 0 fully saturated rings. The van der Waals surface area contributed by atoms with Crippen LogP contribution in [0.25, 0.3) is 0 Å². The number of rotatable bonds is 11. The number of aromatic nitrogens is 1. The zero-order valence-corrected chi connectivity index (χ0v) is 14.5. The van der Waals surface area contributed by atoms with Crippen LogP contribution < -0.4 is 10.0 Å². The zero-order valence-electron chi connectivity index (χ0n) is 13.7. The minimum absolute atomic E-state index is 0.0233. The summed E-state index contributed by atoms with van der Waals surface area (Å²) in [5.41, 5.74) is -0.0233. The van der Waals surface area contributed by atoms with Gasteiger partial charge in [0.25, 0.3) is 5.91 Å². The quantitative estimate of drug-likeness (QED) is 0.419. The summed E-state index contributed by atoms with van der Waals surface area (Å²) in [7, 11) is -2.31. The Morgan fingerprint density at radius 1 is 1.42 bits per heavy atom. The maximum absolute atomic E-state index is 12.1. The average Bonchev–Trinajstić information content (AvgIpc) is 3.02. The van der Waals surface area contributed by atoms with Crippen molar-refractivity contribution in [2.24, 2.45) is 0 Å². The van der Waals surface area contributed by atoms with Gasteiger partial charge in [-0.05, 0) is 12.5 Å². The van der Waals surface area contributed by atoms with E-state index in [2.05, 4.69) is 15.0 Å². The second-order valence-corrected chi connectivity index (χ2v) is 6.91. The van der Waals surface area contributed by atoms with E-state index in [1.807, 2.05) is 6.92 Å². The van der Waals surface area contributed by atoms with Gasteiger partial charge in [-0.2, -0.15) is 0 Å². The molecule has 1 rings (SSSR count). The van der Waals surface area contributed by atoms with Gasteiger partial charge in [-0.15, -0.1) is 0 Å². The molecule has 0 aliphatic rings. The van der Waals surface area contributed by atoms with E-state index in [0.29, 0.717) is 12.8 Å². The fourth-order valence-electron chi connectivity index (χ4n) is 1.92. The first kappa shape index (κ1) is 20.1. The van der Waals surface area contributed by atoms with E-state index in [-0.39, 0.29) is 23.7 Å². The second kappa shape index (κ2) is 9.40. The summed E-state index contributed by atoms with van der Waals surface area (Å²) in [5, 5.41) is 11.5. The third-order valence-electron chi connectivity index (χ3n) is 3.26. The van der Waals surface area contributed by atoms with Gasteiger partial charge in [0.15, 0.2) is 0 Å². The molecule has 0 aliphatic heterocycles. The largest absolute Gasteiger partial charge is 0.480 e. The lowest BCUT2D eigenvalue weighted by atomic mass is 10.1. The van der Waals surface area contributed by atoms with E-state index in [9.17, 15) is 18.0 Å². The maximum Gasteiger partial charge on any atom is 0.326 e. The lowest BCUT2D eigenvalue weighted by molar-refractivity contribution is -0.139. The van der Waals surface area contributed by atoms with Crippen LogP contribution in [-0.2, 0) is 19.6 Å². The molecule has 0 aliphatic carbocycles. The number of aromatic amines is 1. The molecule has 136 valence electrons. The predicted octanol–water partition coefficient (Wildman–Crippen LogP) is 0.313. The lowest BCUT2D eigenvalue weighted by Gasteiger charge is -2.13. The summed E-state index contributed by atoms with van der Waals surface area (Å²) in [5.74, 6) is -1.80.